The molecule has 0 spiro atoms. The Kier molecular flexibility index (Phi) is 3.69. The molecule has 0 amide bonds. The molecule has 0 radical (unpaired) electrons. The van der Waals surface area contributed by atoms with E-state index in [1.807, 2.05) is 14.0 Å². The Morgan fingerprint density at radius 2 is 2.38 bits per heavy atom. The first-order valence-electron chi connectivity index (χ1n) is 4.80. The van der Waals surface area contributed by atoms with Crippen LogP contribution in [0.5, 0.6) is 0 Å². The van der Waals surface area contributed by atoms with Crippen molar-refractivity contribution in [2.75, 3.05) is 26.7 Å². The quantitative estimate of drug-likeness (QED) is 0.651. The minimum absolute atomic E-state index is 0.112. The highest BCUT2D eigenvalue weighted by atomic mass is 16.4. The van der Waals surface area contributed by atoms with Crippen molar-refractivity contribution < 1.29 is 9.90 Å². The summed E-state index contributed by atoms with van der Waals surface area (Å²) >= 11 is 0. The van der Waals surface area contributed by atoms with Gasteiger partial charge in [0, 0.05) is 12.6 Å². The fraction of sp³-hybridized carbons (Fsp3) is 0.889. The number of rotatable bonds is 3. The van der Waals surface area contributed by atoms with Gasteiger partial charge in [-0.3, -0.25) is 4.79 Å². The molecule has 1 aliphatic rings. The first-order chi connectivity index (χ1) is 6.15. The summed E-state index contributed by atoms with van der Waals surface area (Å²) in [6.07, 6.45) is 0.753. The van der Waals surface area contributed by atoms with Crippen LogP contribution in [0, 0.1) is 5.92 Å². The number of hydrogen-bond acceptors (Lipinski definition) is 3. The number of carbonyl (C=O) groups is 1. The Morgan fingerprint density at radius 3 is 2.92 bits per heavy atom. The van der Waals surface area contributed by atoms with Crippen molar-refractivity contribution in [2.24, 2.45) is 5.92 Å². The van der Waals surface area contributed by atoms with E-state index >= 15 is 0 Å². The fourth-order valence-corrected chi connectivity index (χ4v) is 1.88. The minimum atomic E-state index is -0.668. The Labute approximate surface area is 78.9 Å². The standard InChI is InChI=1S/C9H18N2O2/c1-3-10-8-6-11(2)5-4-7(8)9(12)13/h7-8,10H,3-6H2,1-2H3,(H,12,13). The second kappa shape index (κ2) is 4.58. The van der Waals surface area contributed by atoms with Crippen molar-refractivity contribution in [3.8, 4) is 0 Å². The van der Waals surface area contributed by atoms with E-state index in [9.17, 15) is 4.79 Å². The number of hydrogen-bond donors (Lipinski definition) is 2. The lowest BCUT2D eigenvalue weighted by molar-refractivity contribution is -0.144. The summed E-state index contributed by atoms with van der Waals surface area (Å²) in [5.74, 6) is -0.879. The van der Waals surface area contributed by atoms with Crippen LogP contribution < -0.4 is 5.32 Å². The van der Waals surface area contributed by atoms with Crippen LogP contribution in [0.1, 0.15) is 13.3 Å². The van der Waals surface area contributed by atoms with Gasteiger partial charge in [-0.2, -0.15) is 0 Å². The number of aliphatic carboxylic acids is 1. The number of nitrogens with zero attached hydrogens (tertiary/aromatic N) is 1. The van der Waals surface area contributed by atoms with Crippen molar-refractivity contribution in [2.45, 2.75) is 19.4 Å². The molecule has 1 rings (SSSR count). The molecule has 4 nitrogen and oxygen atoms in total. The molecule has 0 aromatic rings. The van der Waals surface area contributed by atoms with E-state index in [4.69, 9.17) is 5.11 Å². The number of nitrogens with one attached hydrogen (secondary N) is 1. The van der Waals surface area contributed by atoms with Gasteiger partial charge in [-0.25, -0.2) is 0 Å². The summed E-state index contributed by atoms with van der Waals surface area (Å²) in [4.78, 5) is 13.1. The van der Waals surface area contributed by atoms with Crippen molar-refractivity contribution >= 4 is 5.97 Å². The molecule has 2 unspecified atom stereocenters. The maximum absolute atomic E-state index is 10.9. The van der Waals surface area contributed by atoms with E-state index in [0.29, 0.717) is 0 Å². The molecule has 2 N–H and O–H groups in total. The minimum Gasteiger partial charge on any atom is -0.481 e. The molecule has 0 saturated carbocycles. The van der Waals surface area contributed by atoms with Gasteiger partial charge in [0.2, 0.25) is 0 Å². The number of piperidine rings is 1. The maximum atomic E-state index is 10.9. The SMILES string of the molecule is CCNC1CN(C)CCC1C(=O)O. The van der Waals surface area contributed by atoms with Crippen LogP contribution in [-0.4, -0.2) is 48.7 Å². The second-order valence-corrected chi connectivity index (χ2v) is 3.66. The molecule has 0 aromatic heterocycles. The first-order valence-corrected chi connectivity index (χ1v) is 4.80. The highest BCUT2D eigenvalue weighted by molar-refractivity contribution is 5.71. The molecule has 13 heavy (non-hydrogen) atoms. The summed E-state index contributed by atoms with van der Waals surface area (Å²) in [7, 11) is 2.03. The Balaban J connectivity index is 2.55. The lowest BCUT2D eigenvalue weighted by Gasteiger charge is -2.34. The molecule has 0 bridgehead atoms. The Morgan fingerprint density at radius 1 is 1.69 bits per heavy atom. The molecular formula is C9H18N2O2. The van der Waals surface area contributed by atoms with Gasteiger partial charge in [-0.05, 0) is 26.6 Å². The van der Waals surface area contributed by atoms with Crippen molar-refractivity contribution in [3.63, 3.8) is 0 Å². The van der Waals surface area contributed by atoms with Crippen LogP contribution in [0.4, 0.5) is 0 Å². The van der Waals surface area contributed by atoms with Gasteiger partial charge in [0.25, 0.3) is 0 Å². The predicted octanol–water partition coefficient (Wildman–Crippen LogP) is 0.000800. The summed E-state index contributed by atoms with van der Waals surface area (Å²) in [6.45, 7) is 4.57. The third-order valence-corrected chi connectivity index (χ3v) is 2.60. The lowest BCUT2D eigenvalue weighted by atomic mass is 9.92. The van der Waals surface area contributed by atoms with Crippen molar-refractivity contribution in [1.29, 1.82) is 0 Å². The number of likely N-dealkylation sites (tertiary alicyclic amines) is 1. The Bertz CT molecular complexity index is 184. The van der Waals surface area contributed by atoms with E-state index in [2.05, 4.69) is 10.2 Å². The summed E-state index contributed by atoms with van der Waals surface area (Å²) in [6, 6.07) is 0.112. The highest BCUT2D eigenvalue weighted by Crippen LogP contribution is 2.16. The summed E-state index contributed by atoms with van der Waals surface area (Å²) < 4.78 is 0. The maximum Gasteiger partial charge on any atom is 0.308 e. The highest BCUT2D eigenvalue weighted by Gasteiger charge is 2.31. The van der Waals surface area contributed by atoms with Gasteiger partial charge >= 0.3 is 5.97 Å². The van der Waals surface area contributed by atoms with E-state index in [1.165, 1.54) is 0 Å². The van der Waals surface area contributed by atoms with Crippen molar-refractivity contribution in [3.05, 3.63) is 0 Å². The molecule has 1 heterocycles. The molecule has 1 fully saturated rings. The zero-order valence-electron chi connectivity index (χ0n) is 8.29. The van der Waals surface area contributed by atoms with Crippen LogP contribution in [0.3, 0.4) is 0 Å². The molecule has 2 atom stereocenters. The first kappa shape index (κ1) is 10.5. The van der Waals surface area contributed by atoms with Gasteiger partial charge in [0.15, 0.2) is 0 Å². The van der Waals surface area contributed by atoms with E-state index < -0.39 is 5.97 Å². The molecule has 1 aliphatic heterocycles. The second-order valence-electron chi connectivity index (χ2n) is 3.66. The van der Waals surface area contributed by atoms with Crippen LogP contribution in [-0.2, 0) is 4.79 Å². The number of carboxylic acids is 1. The van der Waals surface area contributed by atoms with Crippen LogP contribution in [0.2, 0.25) is 0 Å². The zero-order valence-corrected chi connectivity index (χ0v) is 8.29. The molecule has 4 heteroatoms. The molecule has 0 aliphatic carbocycles. The largest absolute Gasteiger partial charge is 0.481 e. The summed E-state index contributed by atoms with van der Waals surface area (Å²) in [5, 5.41) is 12.2. The van der Waals surface area contributed by atoms with E-state index in [1.54, 1.807) is 0 Å². The van der Waals surface area contributed by atoms with Crippen molar-refractivity contribution in [1.82, 2.24) is 10.2 Å². The zero-order chi connectivity index (χ0) is 9.84. The number of likely N-dealkylation sites (N-methyl/N-ethyl adjacent to an activating group) is 2. The van der Waals surface area contributed by atoms with E-state index in [-0.39, 0.29) is 12.0 Å². The van der Waals surface area contributed by atoms with Gasteiger partial charge in [0.05, 0.1) is 5.92 Å². The van der Waals surface area contributed by atoms with Crippen LogP contribution >= 0.6 is 0 Å². The average molecular weight is 186 g/mol. The van der Waals surface area contributed by atoms with Gasteiger partial charge in [0.1, 0.15) is 0 Å². The lowest BCUT2D eigenvalue weighted by Crippen LogP contribution is -2.52. The topological polar surface area (TPSA) is 52.6 Å². The van der Waals surface area contributed by atoms with Gasteiger partial charge < -0.3 is 15.3 Å². The third-order valence-electron chi connectivity index (χ3n) is 2.60. The average Bonchev–Trinajstić information content (AvgIpc) is 2.04. The monoisotopic (exact) mass is 186 g/mol. The summed E-state index contributed by atoms with van der Waals surface area (Å²) in [5.41, 5.74) is 0. The predicted molar refractivity (Wildman–Crippen MR) is 50.7 cm³/mol. The molecule has 1 saturated heterocycles. The normalized spacial score (nSPS) is 30.3. The third kappa shape index (κ3) is 2.67. The molecular weight excluding hydrogens is 168 g/mol. The van der Waals surface area contributed by atoms with Crippen LogP contribution in [0.15, 0.2) is 0 Å². The van der Waals surface area contributed by atoms with Crippen LogP contribution in [0.25, 0.3) is 0 Å². The smallest absolute Gasteiger partial charge is 0.308 e. The van der Waals surface area contributed by atoms with Gasteiger partial charge in [-0.1, -0.05) is 6.92 Å². The van der Waals surface area contributed by atoms with Gasteiger partial charge in [-0.15, -0.1) is 0 Å². The van der Waals surface area contributed by atoms with E-state index in [0.717, 1.165) is 26.1 Å². The Hall–Kier alpha value is -0.610. The fourth-order valence-electron chi connectivity index (χ4n) is 1.88. The number of carboxylic acid groups (broad SMARTS) is 1. The molecule has 76 valence electrons. The molecule has 0 aromatic carbocycles.